The van der Waals surface area contributed by atoms with E-state index in [1.807, 2.05) is 6.92 Å². The summed E-state index contributed by atoms with van der Waals surface area (Å²) < 4.78 is 54.0. The van der Waals surface area contributed by atoms with E-state index in [1.165, 1.54) is 24.3 Å². The summed E-state index contributed by atoms with van der Waals surface area (Å²) in [5.74, 6) is -2.37. The van der Waals surface area contributed by atoms with Gasteiger partial charge in [0.15, 0.2) is 17.9 Å². The van der Waals surface area contributed by atoms with E-state index in [-0.39, 0.29) is 23.3 Å². The standard InChI is InChI=1S/C21H23F3O2/c1-3-4-13-5-9-17(21(24)20(13)23)16-8-6-14(11-18(16)22)15-7-10-19(25-2)26-12-15/h5-6,8-9,11,15,19H,3-4,7,10,12H2,1-2H3. The van der Waals surface area contributed by atoms with E-state index >= 15 is 0 Å². The third-order valence-corrected chi connectivity index (χ3v) is 4.93. The van der Waals surface area contributed by atoms with Gasteiger partial charge < -0.3 is 9.47 Å². The van der Waals surface area contributed by atoms with Gasteiger partial charge in [0.2, 0.25) is 0 Å². The summed E-state index contributed by atoms with van der Waals surface area (Å²) in [4.78, 5) is 0. The van der Waals surface area contributed by atoms with Gasteiger partial charge in [-0.05, 0) is 36.5 Å². The Labute approximate surface area is 151 Å². The highest BCUT2D eigenvalue weighted by Gasteiger charge is 2.24. The molecule has 0 aromatic heterocycles. The molecule has 26 heavy (non-hydrogen) atoms. The van der Waals surface area contributed by atoms with Crippen LogP contribution in [-0.2, 0) is 15.9 Å². The summed E-state index contributed by atoms with van der Waals surface area (Å²) in [6, 6.07) is 7.66. The van der Waals surface area contributed by atoms with E-state index in [9.17, 15) is 13.2 Å². The molecule has 5 heteroatoms. The van der Waals surface area contributed by atoms with Gasteiger partial charge >= 0.3 is 0 Å². The highest BCUT2D eigenvalue weighted by molar-refractivity contribution is 5.66. The van der Waals surface area contributed by atoms with Gasteiger partial charge in [0.25, 0.3) is 0 Å². The lowest BCUT2D eigenvalue weighted by Gasteiger charge is -2.28. The monoisotopic (exact) mass is 364 g/mol. The molecule has 2 unspecified atom stereocenters. The number of benzene rings is 2. The summed E-state index contributed by atoms with van der Waals surface area (Å²) in [5, 5.41) is 0. The molecule has 1 fully saturated rings. The fourth-order valence-corrected chi connectivity index (χ4v) is 3.44. The van der Waals surface area contributed by atoms with Crippen LogP contribution in [0.3, 0.4) is 0 Å². The second-order valence-electron chi connectivity index (χ2n) is 6.66. The van der Waals surface area contributed by atoms with Crippen LogP contribution in [0, 0.1) is 17.5 Å². The van der Waals surface area contributed by atoms with E-state index in [0.717, 1.165) is 18.4 Å². The molecule has 0 spiro atoms. The Bertz CT molecular complexity index is 768. The Kier molecular flexibility index (Phi) is 5.99. The maximum absolute atomic E-state index is 14.6. The number of rotatable bonds is 5. The van der Waals surface area contributed by atoms with Crippen LogP contribution in [0.5, 0.6) is 0 Å². The summed E-state index contributed by atoms with van der Waals surface area (Å²) >= 11 is 0. The first-order valence-corrected chi connectivity index (χ1v) is 8.96. The van der Waals surface area contributed by atoms with Gasteiger partial charge in [-0.1, -0.05) is 37.6 Å². The van der Waals surface area contributed by atoms with E-state index in [4.69, 9.17) is 9.47 Å². The van der Waals surface area contributed by atoms with Crippen LogP contribution in [0.25, 0.3) is 11.1 Å². The molecule has 0 saturated carbocycles. The molecule has 0 amide bonds. The van der Waals surface area contributed by atoms with Gasteiger partial charge in [0, 0.05) is 24.2 Å². The van der Waals surface area contributed by atoms with Crippen molar-refractivity contribution in [2.24, 2.45) is 0 Å². The van der Waals surface area contributed by atoms with Crippen LogP contribution in [0.2, 0.25) is 0 Å². The van der Waals surface area contributed by atoms with Crippen molar-refractivity contribution in [2.75, 3.05) is 13.7 Å². The van der Waals surface area contributed by atoms with E-state index in [2.05, 4.69) is 0 Å². The quantitative estimate of drug-likeness (QED) is 0.688. The minimum atomic E-state index is -0.994. The molecule has 0 aliphatic carbocycles. The molecule has 3 rings (SSSR count). The van der Waals surface area contributed by atoms with Crippen molar-refractivity contribution in [1.29, 1.82) is 0 Å². The lowest BCUT2D eigenvalue weighted by molar-refractivity contribution is -0.150. The molecule has 0 N–H and O–H groups in total. The average Bonchev–Trinajstić information content (AvgIpc) is 2.66. The summed E-state index contributed by atoms with van der Waals surface area (Å²) in [6.45, 7) is 2.35. The highest BCUT2D eigenvalue weighted by atomic mass is 19.2. The molecule has 1 aliphatic heterocycles. The minimum absolute atomic E-state index is 0.0502. The molecule has 2 atom stereocenters. The lowest BCUT2D eigenvalue weighted by Crippen LogP contribution is -2.26. The number of aryl methyl sites for hydroxylation is 1. The van der Waals surface area contributed by atoms with Crippen LogP contribution in [-0.4, -0.2) is 20.0 Å². The zero-order valence-corrected chi connectivity index (χ0v) is 15.0. The molecule has 1 saturated heterocycles. The highest BCUT2D eigenvalue weighted by Crippen LogP contribution is 2.33. The SMILES string of the molecule is CCCc1ccc(-c2ccc(C3CCC(OC)OC3)cc2F)c(F)c1F. The Morgan fingerprint density at radius 3 is 2.42 bits per heavy atom. The number of halogens is 3. The number of methoxy groups -OCH3 is 1. The van der Waals surface area contributed by atoms with Crippen molar-refractivity contribution in [1.82, 2.24) is 0 Å². The molecule has 2 aromatic carbocycles. The van der Waals surface area contributed by atoms with Gasteiger partial charge in [-0.25, -0.2) is 13.2 Å². The van der Waals surface area contributed by atoms with Gasteiger partial charge in [0.05, 0.1) is 6.61 Å². The van der Waals surface area contributed by atoms with Crippen LogP contribution in [0.4, 0.5) is 13.2 Å². The summed E-state index contributed by atoms with van der Waals surface area (Å²) in [5.41, 5.74) is 1.13. The largest absolute Gasteiger partial charge is 0.356 e. The van der Waals surface area contributed by atoms with Crippen LogP contribution >= 0.6 is 0 Å². The van der Waals surface area contributed by atoms with Crippen LogP contribution in [0.1, 0.15) is 43.2 Å². The second kappa shape index (κ2) is 8.23. The average molecular weight is 364 g/mol. The fourth-order valence-electron chi connectivity index (χ4n) is 3.44. The fraction of sp³-hybridized carbons (Fsp3) is 0.429. The lowest BCUT2D eigenvalue weighted by atomic mass is 9.91. The maximum Gasteiger partial charge on any atom is 0.167 e. The molecule has 2 nitrogen and oxygen atoms in total. The molecule has 140 valence electrons. The van der Waals surface area contributed by atoms with Gasteiger partial charge in [-0.15, -0.1) is 0 Å². The van der Waals surface area contributed by atoms with E-state index in [1.54, 1.807) is 13.2 Å². The first-order valence-electron chi connectivity index (χ1n) is 8.96. The number of hydrogen-bond acceptors (Lipinski definition) is 2. The summed E-state index contributed by atoms with van der Waals surface area (Å²) in [7, 11) is 1.60. The first-order chi connectivity index (χ1) is 12.5. The molecular formula is C21H23F3O2. The van der Waals surface area contributed by atoms with E-state index in [0.29, 0.717) is 25.0 Å². The van der Waals surface area contributed by atoms with Crippen molar-refractivity contribution in [3.05, 3.63) is 58.9 Å². The van der Waals surface area contributed by atoms with E-state index < -0.39 is 17.5 Å². The Morgan fingerprint density at radius 2 is 1.81 bits per heavy atom. The molecule has 0 radical (unpaired) electrons. The third kappa shape index (κ3) is 3.79. The second-order valence-corrected chi connectivity index (χ2v) is 6.66. The predicted octanol–water partition coefficient (Wildman–Crippen LogP) is 5.59. The van der Waals surface area contributed by atoms with Crippen LogP contribution in [0.15, 0.2) is 30.3 Å². The Balaban J connectivity index is 1.85. The predicted molar refractivity (Wildman–Crippen MR) is 94.5 cm³/mol. The molecule has 2 aromatic rings. The van der Waals surface area contributed by atoms with Crippen molar-refractivity contribution in [3.63, 3.8) is 0 Å². The number of hydrogen-bond donors (Lipinski definition) is 0. The van der Waals surface area contributed by atoms with Crippen molar-refractivity contribution in [2.45, 2.75) is 44.8 Å². The zero-order valence-electron chi connectivity index (χ0n) is 15.0. The van der Waals surface area contributed by atoms with Gasteiger partial charge in [-0.2, -0.15) is 0 Å². The molecule has 0 bridgehead atoms. The van der Waals surface area contributed by atoms with Crippen LogP contribution < -0.4 is 0 Å². The van der Waals surface area contributed by atoms with Crippen molar-refractivity contribution in [3.8, 4) is 11.1 Å². The van der Waals surface area contributed by atoms with Crippen molar-refractivity contribution >= 4 is 0 Å². The smallest absolute Gasteiger partial charge is 0.167 e. The topological polar surface area (TPSA) is 18.5 Å². The molecule has 1 heterocycles. The Hall–Kier alpha value is -1.85. The summed E-state index contributed by atoms with van der Waals surface area (Å²) in [6.07, 6.45) is 2.52. The normalized spacial score (nSPS) is 20.3. The molecule has 1 aliphatic rings. The third-order valence-electron chi connectivity index (χ3n) is 4.93. The maximum atomic E-state index is 14.6. The number of ether oxygens (including phenoxy) is 2. The van der Waals surface area contributed by atoms with Gasteiger partial charge in [-0.3, -0.25) is 0 Å². The van der Waals surface area contributed by atoms with Crippen molar-refractivity contribution < 1.29 is 22.6 Å². The zero-order chi connectivity index (χ0) is 18.7. The first kappa shape index (κ1) is 18.9. The minimum Gasteiger partial charge on any atom is -0.356 e. The van der Waals surface area contributed by atoms with Gasteiger partial charge in [0.1, 0.15) is 5.82 Å². The molecular weight excluding hydrogens is 341 g/mol. The Morgan fingerprint density at radius 1 is 1.04 bits per heavy atom.